The minimum Gasteiger partial charge on any atom is -0.283 e. The monoisotopic (exact) mass is 304 g/mol. The summed E-state index contributed by atoms with van der Waals surface area (Å²) in [6.07, 6.45) is 0. The van der Waals surface area contributed by atoms with Gasteiger partial charge in [-0.05, 0) is 24.1 Å². The predicted molar refractivity (Wildman–Crippen MR) is 76.9 cm³/mol. The first kappa shape index (κ1) is 13.6. The van der Waals surface area contributed by atoms with Crippen LogP contribution in [0.5, 0.6) is 0 Å². The van der Waals surface area contributed by atoms with Crippen molar-refractivity contribution in [3.8, 4) is 0 Å². The molecule has 0 bridgehead atoms. The number of sulfonamides is 1. The molecule has 0 amide bonds. The second-order valence-electron chi connectivity index (χ2n) is 4.18. The molecule has 0 saturated carbocycles. The predicted octanol–water partition coefficient (Wildman–Crippen LogP) is 2.91. The van der Waals surface area contributed by atoms with Crippen LogP contribution in [0.1, 0.15) is 6.92 Å². The van der Waals surface area contributed by atoms with Gasteiger partial charge >= 0.3 is 0 Å². The Balaban J connectivity index is 2.17. The highest BCUT2D eigenvalue weighted by atomic mass is 35.5. The minimum absolute atomic E-state index is 0.0250. The third kappa shape index (κ3) is 3.34. The first-order valence-corrected chi connectivity index (χ1v) is 8.46. The molecule has 2 rings (SSSR count). The van der Waals surface area contributed by atoms with E-state index in [1.54, 1.807) is 30.6 Å². The molecule has 1 unspecified atom stereocenters. The highest BCUT2D eigenvalue weighted by Crippen LogP contribution is 2.22. The standard InChI is InChI=1S/C11H13ClN2O2S2/c1-8(5-12)6-18(15,16)14-9-2-3-10-11(4-9)17-7-13-10/h2-4,7-8,14H,5-6H2,1H3. The largest absolute Gasteiger partial charge is 0.283 e. The number of fused-ring (bicyclic) bond motifs is 1. The normalized spacial score (nSPS) is 13.7. The summed E-state index contributed by atoms with van der Waals surface area (Å²) in [6.45, 7) is 1.80. The van der Waals surface area contributed by atoms with Crippen molar-refractivity contribution in [1.82, 2.24) is 4.98 Å². The zero-order chi connectivity index (χ0) is 13.2. The van der Waals surface area contributed by atoms with Gasteiger partial charge in [0.2, 0.25) is 10.0 Å². The van der Waals surface area contributed by atoms with Crippen molar-refractivity contribution in [2.75, 3.05) is 16.4 Å². The summed E-state index contributed by atoms with van der Waals surface area (Å²) in [5.41, 5.74) is 3.17. The Kier molecular flexibility index (Phi) is 4.09. The third-order valence-electron chi connectivity index (χ3n) is 2.37. The van der Waals surface area contributed by atoms with Crippen LogP contribution in [-0.4, -0.2) is 25.0 Å². The van der Waals surface area contributed by atoms with Crippen molar-refractivity contribution in [2.24, 2.45) is 5.92 Å². The molecule has 1 aromatic carbocycles. The van der Waals surface area contributed by atoms with Crippen LogP contribution in [-0.2, 0) is 10.0 Å². The number of nitrogens with zero attached hydrogens (tertiary/aromatic N) is 1. The molecule has 2 aromatic rings. The smallest absolute Gasteiger partial charge is 0.233 e. The van der Waals surface area contributed by atoms with Crippen LogP contribution in [0.4, 0.5) is 5.69 Å². The number of hydrogen-bond acceptors (Lipinski definition) is 4. The average molecular weight is 305 g/mol. The Morgan fingerprint density at radius 1 is 1.50 bits per heavy atom. The zero-order valence-electron chi connectivity index (χ0n) is 9.76. The molecule has 0 aliphatic rings. The zero-order valence-corrected chi connectivity index (χ0v) is 12.1. The summed E-state index contributed by atoms with van der Waals surface area (Å²) < 4.78 is 27.2. The molecule has 1 N–H and O–H groups in total. The lowest BCUT2D eigenvalue weighted by atomic mass is 10.3. The van der Waals surface area contributed by atoms with Crippen LogP contribution in [0, 0.1) is 5.92 Å². The number of rotatable bonds is 5. The molecule has 0 aliphatic heterocycles. The molecule has 18 heavy (non-hydrogen) atoms. The van der Waals surface area contributed by atoms with Gasteiger partial charge in [-0.15, -0.1) is 22.9 Å². The maximum absolute atomic E-state index is 11.9. The quantitative estimate of drug-likeness (QED) is 0.864. The fourth-order valence-electron chi connectivity index (χ4n) is 1.56. The van der Waals surface area contributed by atoms with Crippen LogP contribution < -0.4 is 4.72 Å². The van der Waals surface area contributed by atoms with Crippen LogP contribution in [0.25, 0.3) is 10.2 Å². The van der Waals surface area contributed by atoms with Crippen LogP contribution in [0.3, 0.4) is 0 Å². The fraction of sp³-hybridized carbons (Fsp3) is 0.364. The van der Waals surface area contributed by atoms with E-state index in [1.807, 2.05) is 0 Å². The van der Waals surface area contributed by atoms with Gasteiger partial charge < -0.3 is 0 Å². The average Bonchev–Trinajstić information content (AvgIpc) is 2.74. The molecule has 0 radical (unpaired) electrons. The van der Waals surface area contributed by atoms with Gasteiger partial charge in [-0.2, -0.15) is 0 Å². The lowest BCUT2D eigenvalue weighted by Crippen LogP contribution is -2.22. The number of hydrogen-bond donors (Lipinski definition) is 1. The van der Waals surface area contributed by atoms with Gasteiger partial charge in [-0.25, -0.2) is 13.4 Å². The molecule has 0 fully saturated rings. The summed E-state index contributed by atoms with van der Waals surface area (Å²) >= 11 is 7.10. The van der Waals surface area contributed by atoms with Crippen LogP contribution in [0.15, 0.2) is 23.7 Å². The van der Waals surface area contributed by atoms with E-state index in [0.717, 1.165) is 10.2 Å². The number of thiazole rings is 1. The van der Waals surface area contributed by atoms with Gasteiger partial charge in [0, 0.05) is 5.88 Å². The molecule has 0 spiro atoms. The molecule has 0 aliphatic carbocycles. The van der Waals surface area contributed by atoms with Gasteiger partial charge in [0.25, 0.3) is 0 Å². The third-order valence-corrected chi connectivity index (χ3v) is 5.25. The summed E-state index contributed by atoms with van der Waals surface area (Å²) in [7, 11) is -3.35. The molecule has 0 saturated heterocycles. The van der Waals surface area contributed by atoms with Crippen LogP contribution >= 0.6 is 22.9 Å². The highest BCUT2D eigenvalue weighted by molar-refractivity contribution is 7.92. The Morgan fingerprint density at radius 3 is 3.00 bits per heavy atom. The van der Waals surface area contributed by atoms with Crippen LogP contribution in [0.2, 0.25) is 0 Å². The van der Waals surface area contributed by atoms with Crippen molar-refractivity contribution in [3.63, 3.8) is 0 Å². The molecule has 1 aromatic heterocycles. The van der Waals surface area contributed by atoms with E-state index in [0.29, 0.717) is 11.6 Å². The van der Waals surface area contributed by atoms with E-state index >= 15 is 0 Å². The molecular weight excluding hydrogens is 292 g/mol. The molecule has 7 heteroatoms. The van der Waals surface area contributed by atoms with Crippen molar-refractivity contribution < 1.29 is 8.42 Å². The summed E-state index contributed by atoms with van der Waals surface area (Å²) in [5.74, 6) is 0.280. The second-order valence-corrected chi connectivity index (χ2v) is 7.14. The number of anilines is 1. The summed E-state index contributed by atoms with van der Waals surface area (Å²) in [5, 5.41) is 0. The van der Waals surface area contributed by atoms with Gasteiger partial charge in [-0.3, -0.25) is 4.72 Å². The van der Waals surface area contributed by atoms with E-state index in [-0.39, 0.29) is 11.7 Å². The van der Waals surface area contributed by atoms with E-state index in [1.165, 1.54) is 11.3 Å². The van der Waals surface area contributed by atoms with Gasteiger partial charge in [0.15, 0.2) is 0 Å². The molecular formula is C11H13ClN2O2S2. The second kappa shape index (κ2) is 5.42. The maximum atomic E-state index is 11.9. The van der Waals surface area contributed by atoms with E-state index in [4.69, 9.17) is 11.6 Å². The van der Waals surface area contributed by atoms with E-state index in [9.17, 15) is 8.42 Å². The maximum Gasteiger partial charge on any atom is 0.233 e. The minimum atomic E-state index is -3.35. The molecule has 4 nitrogen and oxygen atoms in total. The highest BCUT2D eigenvalue weighted by Gasteiger charge is 2.15. The lowest BCUT2D eigenvalue weighted by Gasteiger charge is -2.11. The Labute approximate surface area is 115 Å². The van der Waals surface area contributed by atoms with Crippen molar-refractivity contribution in [2.45, 2.75) is 6.92 Å². The number of nitrogens with one attached hydrogen (secondary N) is 1. The number of aromatic nitrogens is 1. The summed E-state index contributed by atoms with van der Waals surface area (Å²) in [4.78, 5) is 4.14. The topological polar surface area (TPSA) is 59.1 Å². The van der Waals surface area contributed by atoms with Gasteiger partial charge in [0.05, 0.1) is 27.2 Å². The molecule has 1 atom stereocenters. The van der Waals surface area contributed by atoms with E-state index < -0.39 is 10.0 Å². The fourth-order valence-corrected chi connectivity index (χ4v) is 3.95. The Morgan fingerprint density at radius 2 is 2.28 bits per heavy atom. The summed E-state index contributed by atoms with van der Waals surface area (Å²) in [6, 6.07) is 5.30. The van der Waals surface area contributed by atoms with Gasteiger partial charge in [-0.1, -0.05) is 6.92 Å². The molecule has 98 valence electrons. The SMILES string of the molecule is CC(CCl)CS(=O)(=O)Nc1ccc2ncsc2c1. The first-order valence-electron chi connectivity index (χ1n) is 5.40. The first-order chi connectivity index (χ1) is 8.50. The number of alkyl halides is 1. The number of halogens is 1. The molecule has 1 heterocycles. The van der Waals surface area contributed by atoms with Crippen molar-refractivity contribution >= 4 is 48.9 Å². The van der Waals surface area contributed by atoms with Gasteiger partial charge in [0.1, 0.15) is 0 Å². The van der Waals surface area contributed by atoms with Crippen molar-refractivity contribution in [3.05, 3.63) is 23.7 Å². The van der Waals surface area contributed by atoms with E-state index in [2.05, 4.69) is 9.71 Å². The Bertz CT molecular complexity index is 639. The number of benzene rings is 1. The lowest BCUT2D eigenvalue weighted by molar-refractivity contribution is 0.588. The van der Waals surface area contributed by atoms with Crippen molar-refractivity contribution in [1.29, 1.82) is 0 Å². The Hall–Kier alpha value is -0.850.